The predicted molar refractivity (Wildman–Crippen MR) is 114 cm³/mol. The fourth-order valence-corrected chi connectivity index (χ4v) is 3.29. The maximum atomic E-state index is 13.5. The first-order valence-corrected chi connectivity index (χ1v) is 10.4. The number of benzene rings is 1. The SMILES string of the molecule is CCCC(=O)OC[C@@H](O)CN(CCCOC)Cc1cccn1Cc1cccc(F)c1. The molecule has 0 bridgehead atoms. The fraction of sp³-hybridized carbons (Fsp3) is 0.522. The lowest BCUT2D eigenvalue weighted by atomic mass is 10.2. The Morgan fingerprint density at radius 2 is 2.13 bits per heavy atom. The quantitative estimate of drug-likeness (QED) is 0.376. The van der Waals surface area contributed by atoms with Gasteiger partial charge in [-0.15, -0.1) is 0 Å². The smallest absolute Gasteiger partial charge is 0.305 e. The fourth-order valence-electron chi connectivity index (χ4n) is 3.29. The van der Waals surface area contributed by atoms with Gasteiger partial charge in [0.05, 0.1) is 0 Å². The zero-order valence-electron chi connectivity index (χ0n) is 17.9. The van der Waals surface area contributed by atoms with Crippen molar-refractivity contribution >= 4 is 5.97 Å². The van der Waals surface area contributed by atoms with Crippen molar-refractivity contribution in [3.05, 3.63) is 59.7 Å². The molecule has 1 aromatic carbocycles. The van der Waals surface area contributed by atoms with E-state index in [1.807, 2.05) is 31.3 Å². The molecule has 166 valence electrons. The molecule has 7 heteroatoms. The molecule has 1 atom stereocenters. The number of halogens is 1. The summed E-state index contributed by atoms with van der Waals surface area (Å²) in [5, 5.41) is 10.4. The van der Waals surface area contributed by atoms with Crippen molar-refractivity contribution in [3.63, 3.8) is 0 Å². The lowest BCUT2D eigenvalue weighted by Gasteiger charge is -2.25. The van der Waals surface area contributed by atoms with Crippen molar-refractivity contribution < 1.29 is 23.8 Å². The molecule has 1 heterocycles. The maximum absolute atomic E-state index is 13.5. The largest absolute Gasteiger partial charge is 0.463 e. The van der Waals surface area contributed by atoms with Crippen LogP contribution in [0.25, 0.3) is 0 Å². The predicted octanol–water partition coefficient (Wildman–Crippen LogP) is 3.22. The van der Waals surface area contributed by atoms with Gasteiger partial charge in [-0.05, 0) is 42.7 Å². The first-order chi connectivity index (χ1) is 14.5. The highest BCUT2D eigenvalue weighted by Gasteiger charge is 2.16. The van der Waals surface area contributed by atoms with E-state index in [1.54, 1.807) is 13.2 Å². The normalized spacial score (nSPS) is 12.3. The van der Waals surface area contributed by atoms with Crippen molar-refractivity contribution in [2.24, 2.45) is 0 Å². The van der Waals surface area contributed by atoms with Crippen LogP contribution in [0.15, 0.2) is 42.6 Å². The lowest BCUT2D eigenvalue weighted by molar-refractivity contribution is -0.147. The molecule has 0 saturated heterocycles. The summed E-state index contributed by atoms with van der Waals surface area (Å²) in [6.07, 6.45) is 3.11. The van der Waals surface area contributed by atoms with Crippen LogP contribution >= 0.6 is 0 Å². The lowest BCUT2D eigenvalue weighted by Crippen LogP contribution is -2.36. The summed E-state index contributed by atoms with van der Waals surface area (Å²) in [5.74, 6) is -0.533. The number of ether oxygens (including phenoxy) is 2. The number of carbonyl (C=O) groups excluding carboxylic acids is 1. The minimum absolute atomic E-state index is 0.0100. The topological polar surface area (TPSA) is 63.9 Å². The molecule has 2 aromatic rings. The van der Waals surface area contributed by atoms with Crippen LogP contribution in [0.2, 0.25) is 0 Å². The third kappa shape index (κ3) is 8.65. The molecule has 30 heavy (non-hydrogen) atoms. The zero-order chi connectivity index (χ0) is 21.8. The number of aromatic nitrogens is 1. The molecule has 1 N–H and O–H groups in total. The number of hydrogen-bond donors (Lipinski definition) is 1. The number of carbonyl (C=O) groups is 1. The minimum Gasteiger partial charge on any atom is -0.463 e. The van der Waals surface area contributed by atoms with E-state index in [9.17, 15) is 14.3 Å². The summed E-state index contributed by atoms with van der Waals surface area (Å²) in [4.78, 5) is 13.7. The Bertz CT molecular complexity index is 765. The zero-order valence-corrected chi connectivity index (χ0v) is 17.9. The van der Waals surface area contributed by atoms with E-state index < -0.39 is 6.10 Å². The van der Waals surface area contributed by atoms with E-state index >= 15 is 0 Å². The van der Waals surface area contributed by atoms with E-state index in [4.69, 9.17) is 9.47 Å². The molecule has 0 aliphatic carbocycles. The van der Waals surface area contributed by atoms with Gasteiger partial charge in [0.1, 0.15) is 18.5 Å². The highest BCUT2D eigenvalue weighted by molar-refractivity contribution is 5.69. The molecule has 0 spiro atoms. The highest BCUT2D eigenvalue weighted by Crippen LogP contribution is 2.13. The standard InChI is InChI=1S/C23H33FN2O4/c1-3-7-23(28)30-18-22(27)17-25(11-6-13-29-2)16-21-10-5-12-26(21)15-19-8-4-9-20(24)14-19/h4-5,8-10,12,14,22,27H,3,6-7,11,13,15-18H2,1-2H3/t22-/m0/s1. The summed E-state index contributed by atoms with van der Waals surface area (Å²) in [7, 11) is 1.66. The second-order valence-corrected chi connectivity index (χ2v) is 7.43. The van der Waals surface area contributed by atoms with Crippen LogP contribution < -0.4 is 0 Å². The van der Waals surface area contributed by atoms with E-state index in [0.717, 1.165) is 30.6 Å². The van der Waals surface area contributed by atoms with Gasteiger partial charge in [0.25, 0.3) is 0 Å². The summed E-state index contributed by atoms with van der Waals surface area (Å²) in [6.45, 7) is 4.84. The molecule has 0 saturated carbocycles. The van der Waals surface area contributed by atoms with E-state index in [2.05, 4.69) is 9.47 Å². The van der Waals surface area contributed by atoms with Crippen molar-refractivity contribution in [3.8, 4) is 0 Å². The van der Waals surface area contributed by atoms with Gasteiger partial charge in [-0.3, -0.25) is 9.69 Å². The first kappa shape index (κ1) is 24.1. The average Bonchev–Trinajstić information content (AvgIpc) is 3.13. The Morgan fingerprint density at radius 3 is 2.87 bits per heavy atom. The van der Waals surface area contributed by atoms with Crippen LogP contribution in [-0.4, -0.2) is 60.1 Å². The molecule has 6 nitrogen and oxygen atoms in total. The number of hydrogen-bond acceptors (Lipinski definition) is 5. The van der Waals surface area contributed by atoms with Crippen molar-refractivity contribution in [2.75, 3.05) is 33.4 Å². The average molecular weight is 421 g/mol. The molecule has 1 aromatic heterocycles. The Hall–Kier alpha value is -2.22. The summed E-state index contributed by atoms with van der Waals surface area (Å²) >= 11 is 0. The molecule has 0 unspecified atom stereocenters. The second kappa shape index (κ2) is 13.2. The summed E-state index contributed by atoms with van der Waals surface area (Å²) in [5.41, 5.74) is 1.95. The Balaban J connectivity index is 1.98. The third-order valence-electron chi connectivity index (χ3n) is 4.73. The van der Waals surface area contributed by atoms with Crippen LogP contribution in [0, 0.1) is 5.82 Å². The van der Waals surface area contributed by atoms with Gasteiger partial charge in [-0.2, -0.15) is 0 Å². The number of nitrogens with zero attached hydrogens (tertiary/aromatic N) is 2. The van der Waals surface area contributed by atoms with Gasteiger partial charge in [0.2, 0.25) is 0 Å². The monoisotopic (exact) mass is 420 g/mol. The van der Waals surface area contributed by atoms with E-state index in [0.29, 0.717) is 32.7 Å². The van der Waals surface area contributed by atoms with Crippen molar-refractivity contribution in [1.82, 2.24) is 9.47 Å². The number of esters is 1. The maximum Gasteiger partial charge on any atom is 0.305 e. The molecular weight excluding hydrogens is 387 g/mol. The third-order valence-corrected chi connectivity index (χ3v) is 4.73. The van der Waals surface area contributed by atoms with Crippen molar-refractivity contribution in [1.29, 1.82) is 0 Å². The molecule has 0 fully saturated rings. The van der Waals surface area contributed by atoms with Crippen LogP contribution in [0.5, 0.6) is 0 Å². The number of methoxy groups -OCH3 is 1. The summed E-state index contributed by atoms with van der Waals surface area (Å²) in [6, 6.07) is 10.6. The van der Waals surface area contributed by atoms with Gasteiger partial charge in [-0.1, -0.05) is 19.1 Å². The molecule has 0 aliphatic heterocycles. The molecular formula is C23H33FN2O4. The van der Waals surface area contributed by atoms with Crippen LogP contribution in [0.1, 0.15) is 37.4 Å². The Labute approximate surface area is 178 Å². The van der Waals surface area contributed by atoms with Gasteiger partial charge in [0, 0.05) is 58.2 Å². The minimum atomic E-state index is -0.764. The second-order valence-electron chi connectivity index (χ2n) is 7.43. The number of aliphatic hydroxyl groups is 1. The van der Waals surface area contributed by atoms with E-state index in [-0.39, 0.29) is 18.4 Å². The van der Waals surface area contributed by atoms with Gasteiger partial charge in [0.15, 0.2) is 0 Å². The molecule has 0 radical (unpaired) electrons. The first-order valence-electron chi connectivity index (χ1n) is 10.4. The molecule has 0 amide bonds. The van der Waals surface area contributed by atoms with Crippen molar-refractivity contribution in [2.45, 2.75) is 45.4 Å². The Morgan fingerprint density at radius 1 is 1.30 bits per heavy atom. The van der Waals surface area contributed by atoms with Crippen LogP contribution in [-0.2, 0) is 27.4 Å². The van der Waals surface area contributed by atoms with Gasteiger partial charge < -0.3 is 19.1 Å². The van der Waals surface area contributed by atoms with E-state index in [1.165, 1.54) is 12.1 Å². The van der Waals surface area contributed by atoms with Crippen LogP contribution in [0.3, 0.4) is 0 Å². The van der Waals surface area contributed by atoms with Crippen LogP contribution in [0.4, 0.5) is 4.39 Å². The van der Waals surface area contributed by atoms with Gasteiger partial charge in [-0.25, -0.2) is 4.39 Å². The van der Waals surface area contributed by atoms with Gasteiger partial charge >= 0.3 is 5.97 Å². The molecule has 2 rings (SSSR count). The number of aliphatic hydroxyl groups excluding tert-OH is 1. The Kier molecular flexibility index (Phi) is 10.5. The number of rotatable bonds is 14. The highest BCUT2D eigenvalue weighted by atomic mass is 19.1. The summed E-state index contributed by atoms with van der Waals surface area (Å²) < 4.78 is 25.9. The molecule has 0 aliphatic rings.